The van der Waals surface area contributed by atoms with E-state index in [9.17, 15) is 18.0 Å². The molecular weight excluding hydrogens is 354 g/mol. The van der Waals surface area contributed by atoms with Gasteiger partial charge in [-0.1, -0.05) is 19.1 Å². The van der Waals surface area contributed by atoms with Crippen molar-refractivity contribution in [2.45, 2.75) is 50.1 Å². The van der Waals surface area contributed by atoms with Gasteiger partial charge in [0.05, 0.1) is 10.9 Å². The van der Waals surface area contributed by atoms with Crippen LogP contribution in [0.15, 0.2) is 29.2 Å². The van der Waals surface area contributed by atoms with Gasteiger partial charge in [-0.2, -0.15) is 0 Å². The summed E-state index contributed by atoms with van der Waals surface area (Å²) in [5, 5.41) is 2.71. The van der Waals surface area contributed by atoms with Crippen molar-refractivity contribution in [1.82, 2.24) is 14.5 Å². The van der Waals surface area contributed by atoms with Crippen molar-refractivity contribution in [3.63, 3.8) is 0 Å². The fraction of sp³-hybridized carbons (Fsp3) is 0.556. The molecule has 1 saturated heterocycles. The minimum atomic E-state index is -3.49. The fourth-order valence-corrected chi connectivity index (χ4v) is 4.04. The van der Waals surface area contributed by atoms with Gasteiger partial charge in [0.1, 0.15) is 0 Å². The Morgan fingerprint density at radius 1 is 1.27 bits per heavy atom. The number of carbonyl (C=O) groups is 2. The van der Waals surface area contributed by atoms with Crippen molar-refractivity contribution in [2.75, 3.05) is 20.6 Å². The number of hydrogen-bond acceptors (Lipinski definition) is 4. The van der Waals surface area contributed by atoms with E-state index in [-0.39, 0.29) is 10.9 Å². The topological polar surface area (TPSA) is 86.8 Å². The lowest BCUT2D eigenvalue weighted by atomic mass is 10.1. The van der Waals surface area contributed by atoms with E-state index < -0.39 is 27.9 Å². The molecule has 2 atom stereocenters. The highest BCUT2D eigenvalue weighted by Crippen LogP contribution is 2.21. The Kier molecular flexibility index (Phi) is 6.41. The molecule has 1 N–H and O–H groups in total. The quantitative estimate of drug-likeness (QED) is 0.784. The maximum atomic E-state index is 12.4. The standard InChI is InChI=1S/C18H27N3O4S/c1-5-15-7-6-12-21(15)18(23)17(22)19-13(2)14-8-10-16(11-9-14)26(24,25)20(3)4/h8-11,13,15H,5-7,12H2,1-4H3,(H,19,22). The van der Waals surface area contributed by atoms with Crippen LogP contribution in [0.25, 0.3) is 0 Å². The molecule has 2 amide bonds. The molecule has 2 rings (SSSR count). The van der Waals surface area contributed by atoms with E-state index in [0.29, 0.717) is 6.54 Å². The van der Waals surface area contributed by atoms with Crippen molar-refractivity contribution < 1.29 is 18.0 Å². The summed E-state index contributed by atoms with van der Waals surface area (Å²) in [6, 6.07) is 6.04. The molecule has 8 heteroatoms. The van der Waals surface area contributed by atoms with Crippen LogP contribution in [-0.2, 0) is 19.6 Å². The lowest BCUT2D eigenvalue weighted by Gasteiger charge is -2.24. The summed E-state index contributed by atoms with van der Waals surface area (Å²) in [5.41, 5.74) is 0.734. The molecule has 1 fully saturated rings. The van der Waals surface area contributed by atoms with Crippen molar-refractivity contribution in [2.24, 2.45) is 0 Å². The second-order valence-corrected chi connectivity index (χ2v) is 8.91. The number of rotatable bonds is 5. The lowest BCUT2D eigenvalue weighted by Crippen LogP contribution is -2.45. The van der Waals surface area contributed by atoms with Gasteiger partial charge < -0.3 is 10.2 Å². The molecule has 1 aliphatic heterocycles. The first-order chi connectivity index (χ1) is 12.2. The first kappa shape index (κ1) is 20.4. The lowest BCUT2D eigenvalue weighted by molar-refractivity contribution is -0.146. The molecule has 0 spiro atoms. The highest BCUT2D eigenvalue weighted by molar-refractivity contribution is 7.89. The summed E-state index contributed by atoms with van der Waals surface area (Å²) >= 11 is 0. The summed E-state index contributed by atoms with van der Waals surface area (Å²) in [6.45, 7) is 4.40. The van der Waals surface area contributed by atoms with Gasteiger partial charge in [-0.3, -0.25) is 9.59 Å². The van der Waals surface area contributed by atoms with Crippen LogP contribution >= 0.6 is 0 Å². The number of carbonyl (C=O) groups excluding carboxylic acids is 2. The van der Waals surface area contributed by atoms with Crippen LogP contribution in [0.5, 0.6) is 0 Å². The predicted octanol–water partition coefficient (Wildman–Crippen LogP) is 1.52. The maximum absolute atomic E-state index is 12.4. The molecule has 26 heavy (non-hydrogen) atoms. The highest BCUT2D eigenvalue weighted by atomic mass is 32.2. The number of hydrogen-bond donors (Lipinski definition) is 1. The Labute approximate surface area is 155 Å². The highest BCUT2D eigenvalue weighted by Gasteiger charge is 2.31. The minimum Gasteiger partial charge on any atom is -0.341 e. The summed E-state index contributed by atoms with van der Waals surface area (Å²) in [4.78, 5) is 26.5. The second-order valence-electron chi connectivity index (χ2n) is 6.75. The summed E-state index contributed by atoms with van der Waals surface area (Å²) in [7, 11) is -0.547. The molecule has 0 radical (unpaired) electrons. The summed E-state index contributed by atoms with van der Waals surface area (Å²) < 4.78 is 25.3. The van der Waals surface area contributed by atoms with Gasteiger partial charge >= 0.3 is 11.8 Å². The maximum Gasteiger partial charge on any atom is 0.312 e. The van der Waals surface area contributed by atoms with Gasteiger partial charge in [0.25, 0.3) is 0 Å². The van der Waals surface area contributed by atoms with E-state index >= 15 is 0 Å². The van der Waals surface area contributed by atoms with Gasteiger partial charge in [-0.15, -0.1) is 0 Å². The Balaban J connectivity index is 2.04. The zero-order valence-electron chi connectivity index (χ0n) is 15.7. The van der Waals surface area contributed by atoms with Crippen molar-refractivity contribution in [1.29, 1.82) is 0 Å². The molecule has 0 aromatic heterocycles. The smallest absolute Gasteiger partial charge is 0.312 e. The third-order valence-corrected chi connectivity index (χ3v) is 6.64. The van der Waals surface area contributed by atoms with E-state index in [1.165, 1.54) is 26.2 Å². The Hall–Kier alpha value is -1.93. The molecule has 1 aliphatic rings. The zero-order chi connectivity index (χ0) is 19.5. The van der Waals surface area contributed by atoms with E-state index in [0.717, 1.165) is 29.1 Å². The van der Waals surface area contributed by atoms with Gasteiger partial charge in [0.15, 0.2) is 0 Å². The van der Waals surface area contributed by atoms with Crippen LogP contribution in [0.4, 0.5) is 0 Å². The Bertz CT molecular complexity index is 759. The zero-order valence-corrected chi connectivity index (χ0v) is 16.5. The van der Waals surface area contributed by atoms with E-state index in [1.807, 2.05) is 6.92 Å². The third-order valence-electron chi connectivity index (χ3n) is 4.81. The van der Waals surface area contributed by atoms with Crippen LogP contribution < -0.4 is 5.32 Å². The van der Waals surface area contributed by atoms with Gasteiger partial charge in [0, 0.05) is 26.7 Å². The van der Waals surface area contributed by atoms with E-state index in [2.05, 4.69) is 5.32 Å². The molecule has 1 heterocycles. The number of nitrogens with zero attached hydrogens (tertiary/aromatic N) is 2. The van der Waals surface area contributed by atoms with Crippen LogP contribution in [0.3, 0.4) is 0 Å². The van der Waals surface area contributed by atoms with Crippen molar-refractivity contribution in [3.8, 4) is 0 Å². The SMILES string of the molecule is CCC1CCCN1C(=O)C(=O)NC(C)c1ccc(S(=O)(=O)N(C)C)cc1. The van der Waals surface area contributed by atoms with Gasteiger partial charge in [-0.25, -0.2) is 12.7 Å². The minimum absolute atomic E-state index is 0.138. The normalized spacial score (nSPS) is 18.8. The molecule has 0 saturated carbocycles. The predicted molar refractivity (Wildman–Crippen MR) is 98.9 cm³/mol. The number of amides is 2. The number of nitrogens with one attached hydrogen (secondary N) is 1. The fourth-order valence-electron chi connectivity index (χ4n) is 3.14. The Morgan fingerprint density at radius 2 is 1.88 bits per heavy atom. The third kappa shape index (κ3) is 4.24. The Morgan fingerprint density at radius 3 is 2.42 bits per heavy atom. The number of likely N-dealkylation sites (tertiary alicyclic amines) is 1. The van der Waals surface area contributed by atoms with E-state index in [1.54, 1.807) is 24.0 Å². The van der Waals surface area contributed by atoms with Gasteiger partial charge in [0.2, 0.25) is 10.0 Å². The largest absolute Gasteiger partial charge is 0.341 e. The monoisotopic (exact) mass is 381 g/mol. The van der Waals surface area contributed by atoms with Crippen LogP contribution in [0.2, 0.25) is 0 Å². The summed E-state index contributed by atoms with van der Waals surface area (Å²) in [5.74, 6) is -1.11. The van der Waals surface area contributed by atoms with Crippen molar-refractivity contribution >= 4 is 21.8 Å². The van der Waals surface area contributed by atoms with Crippen LogP contribution in [0.1, 0.15) is 44.7 Å². The van der Waals surface area contributed by atoms with E-state index in [4.69, 9.17) is 0 Å². The first-order valence-corrected chi connectivity index (χ1v) is 10.3. The number of sulfonamides is 1. The van der Waals surface area contributed by atoms with Crippen LogP contribution in [0, 0.1) is 0 Å². The molecule has 7 nitrogen and oxygen atoms in total. The molecule has 1 aromatic carbocycles. The first-order valence-electron chi connectivity index (χ1n) is 8.82. The molecule has 1 aromatic rings. The average molecular weight is 381 g/mol. The van der Waals surface area contributed by atoms with Crippen molar-refractivity contribution in [3.05, 3.63) is 29.8 Å². The number of benzene rings is 1. The summed E-state index contributed by atoms with van der Waals surface area (Å²) in [6.07, 6.45) is 2.71. The molecule has 144 valence electrons. The average Bonchev–Trinajstić information content (AvgIpc) is 3.09. The molecule has 0 aliphatic carbocycles. The molecule has 2 unspecified atom stereocenters. The van der Waals surface area contributed by atoms with Gasteiger partial charge in [-0.05, 0) is 43.9 Å². The second kappa shape index (κ2) is 8.18. The molecule has 0 bridgehead atoms. The molecular formula is C18H27N3O4S. The van der Waals surface area contributed by atoms with Crippen LogP contribution in [-0.4, -0.2) is 56.1 Å².